The monoisotopic (exact) mass is 1120 g/mol. The van der Waals surface area contributed by atoms with Crippen LogP contribution in [0.4, 0.5) is 11.9 Å². The van der Waals surface area contributed by atoms with E-state index in [0.29, 0.717) is 82.2 Å². The van der Waals surface area contributed by atoms with Crippen LogP contribution < -0.4 is 35.9 Å². The second kappa shape index (κ2) is 22.6. The average Bonchev–Trinajstić information content (AvgIpc) is 4.20. The highest BCUT2D eigenvalue weighted by atomic mass is 79.9. The molecule has 2 amide bonds. The summed E-state index contributed by atoms with van der Waals surface area (Å²) in [5.41, 5.74) is 21.1. The highest BCUT2D eigenvalue weighted by Crippen LogP contribution is 2.39. The predicted octanol–water partition coefficient (Wildman–Crippen LogP) is 8.17. The third-order valence-electron chi connectivity index (χ3n) is 14.5. The van der Waals surface area contributed by atoms with Crippen LogP contribution in [0.1, 0.15) is 82.1 Å². The summed E-state index contributed by atoms with van der Waals surface area (Å²) >= 11 is 3.32. The van der Waals surface area contributed by atoms with E-state index >= 15 is 0 Å². The number of nitrogens with zero attached hydrogens (tertiary/aromatic N) is 6. The van der Waals surface area contributed by atoms with Crippen molar-refractivity contribution in [2.75, 3.05) is 39.9 Å². The Morgan fingerprint density at radius 3 is 1.44 bits per heavy atom. The summed E-state index contributed by atoms with van der Waals surface area (Å²) in [6.07, 6.45) is 0. The molecular weight excluding hydrogens is 1060 g/mol. The largest absolute Gasteiger partial charge is 0.494 e. The number of fused-ring (bicyclic) bond motifs is 4. The lowest BCUT2D eigenvalue weighted by Crippen LogP contribution is -2.41. The van der Waals surface area contributed by atoms with Gasteiger partial charge in [-0.05, 0) is 120 Å². The molecule has 0 spiro atoms. The molecule has 402 valence electrons. The molecule has 6 N–H and O–H groups in total. The van der Waals surface area contributed by atoms with Gasteiger partial charge in [0, 0.05) is 41.4 Å². The zero-order chi connectivity index (χ0) is 55.6. The van der Waals surface area contributed by atoms with Gasteiger partial charge < -0.3 is 59.7 Å². The van der Waals surface area contributed by atoms with Gasteiger partial charge in [0.1, 0.15) is 11.4 Å². The molecule has 0 atom stereocenters. The molecule has 0 saturated carbocycles. The molecule has 6 aromatic carbocycles. The molecule has 5 heterocycles. The number of carbonyl (C=O) groups excluding carboxylic acids is 2. The van der Waals surface area contributed by atoms with Crippen molar-refractivity contribution in [3.63, 3.8) is 0 Å². The Bertz CT molecular complexity index is 3540. The van der Waals surface area contributed by atoms with Crippen molar-refractivity contribution in [2.24, 2.45) is 0 Å². The third-order valence-corrected chi connectivity index (χ3v) is 15.2. The van der Waals surface area contributed by atoms with Crippen molar-refractivity contribution in [1.82, 2.24) is 29.7 Å². The zero-order valence-corrected chi connectivity index (χ0v) is 46.2. The molecule has 11 rings (SSSR count). The molecule has 1 fully saturated rings. The molecule has 8 aromatic rings. The number of nitrogens with two attached hydrogens (primary N) is 2. The van der Waals surface area contributed by atoms with E-state index in [2.05, 4.69) is 35.9 Å². The lowest BCUT2D eigenvalue weighted by Gasteiger charge is -2.32. The van der Waals surface area contributed by atoms with E-state index in [1.807, 2.05) is 113 Å². The van der Waals surface area contributed by atoms with Gasteiger partial charge in [0.05, 0.1) is 63.9 Å². The summed E-state index contributed by atoms with van der Waals surface area (Å²) in [5, 5.41) is 20.2. The quantitative estimate of drug-likeness (QED) is 0.0944. The second-order valence-corrected chi connectivity index (χ2v) is 20.7. The van der Waals surface area contributed by atoms with E-state index in [9.17, 15) is 14.7 Å². The molecule has 18 nitrogen and oxygen atoms in total. The Hall–Kier alpha value is -7.88. The number of ether oxygens (including phenoxy) is 4. The van der Waals surface area contributed by atoms with Gasteiger partial charge >= 0.3 is 7.12 Å². The fraction of sp³-hybridized carbons (Fsp3) is 0.276. The Labute approximate surface area is 460 Å². The number of hydrogen-bond donors (Lipinski definition) is 4. The van der Waals surface area contributed by atoms with E-state index in [0.717, 1.165) is 48.9 Å². The van der Waals surface area contributed by atoms with E-state index in [-0.39, 0.29) is 42.6 Å². The lowest BCUT2D eigenvalue weighted by atomic mass is 9.78. The first-order chi connectivity index (χ1) is 37.4. The van der Waals surface area contributed by atoms with Gasteiger partial charge in [-0.15, -0.1) is 0 Å². The molecule has 2 aromatic heterocycles. The van der Waals surface area contributed by atoms with Crippen LogP contribution in [0.2, 0.25) is 0 Å². The van der Waals surface area contributed by atoms with Gasteiger partial charge in [-0.1, -0.05) is 82.7 Å². The second-order valence-electron chi connectivity index (χ2n) is 19.8. The summed E-state index contributed by atoms with van der Waals surface area (Å²) in [5.74, 6) is 2.08. The number of aromatic nitrogens is 4. The number of carbonyl (C=O) groups is 2. The fourth-order valence-electron chi connectivity index (χ4n) is 9.52. The lowest BCUT2D eigenvalue weighted by molar-refractivity contribution is 0.00578. The van der Waals surface area contributed by atoms with Gasteiger partial charge in [0.2, 0.25) is 11.9 Å². The Morgan fingerprint density at radius 1 is 0.577 bits per heavy atom. The minimum atomic E-state index is -0.536. The Morgan fingerprint density at radius 2 is 0.987 bits per heavy atom. The van der Waals surface area contributed by atoms with Crippen LogP contribution in [0.15, 0.2) is 114 Å². The number of aliphatic hydroxyl groups is 2. The van der Waals surface area contributed by atoms with E-state index in [1.54, 1.807) is 62.5 Å². The maximum atomic E-state index is 13.5. The van der Waals surface area contributed by atoms with Gasteiger partial charge in [-0.25, -0.2) is 19.9 Å². The maximum Gasteiger partial charge on any atom is 0.494 e. The maximum absolute atomic E-state index is 13.5. The first-order valence-corrected chi connectivity index (χ1v) is 25.8. The van der Waals surface area contributed by atoms with Gasteiger partial charge in [0.25, 0.3) is 11.8 Å². The van der Waals surface area contributed by atoms with Crippen molar-refractivity contribution >= 4 is 74.0 Å². The number of amides is 2. The molecule has 0 radical (unpaired) electrons. The minimum absolute atomic E-state index is 0.0268. The number of nitrogen functional groups attached to an aromatic ring is 2. The van der Waals surface area contributed by atoms with Crippen LogP contribution in [0, 0.1) is 0 Å². The van der Waals surface area contributed by atoms with Crippen molar-refractivity contribution in [1.29, 1.82) is 0 Å². The van der Waals surface area contributed by atoms with E-state index in [4.69, 9.17) is 44.8 Å². The molecular formula is C58H60BBrN8O10. The molecule has 20 heteroatoms. The summed E-state index contributed by atoms with van der Waals surface area (Å²) in [6.45, 7) is 9.97. The molecule has 1 saturated heterocycles. The van der Waals surface area contributed by atoms with Crippen LogP contribution in [0.3, 0.4) is 0 Å². The van der Waals surface area contributed by atoms with Gasteiger partial charge in [0.15, 0.2) is 23.0 Å². The highest BCUT2D eigenvalue weighted by Gasteiger charge is 2.52. The van der Waals surface area contributed by atoms with Crippen molar-refractivity contribution in [2.45, 2.75) is 78.3 Å². The summed E-state index contributed by atoms with van der Waals surface area (Å²) in [7, 11) is 5.70. The summed E-state index contributed by atoms with van der Waals surface area (Å²) in [6, 6.07) is 34.3. The summed E-state index contributed by atoms with van der Waals surface area (Å²) in [4.78, 5) is 47.8. The normalized spacial score (nSPS) is 14.7. The fourth-order valence-corrected chi connectivity index (χ4v) is 9.97. The molecule has 0 bridgehead atoms. The van der Waals surface area contributed by atoms with Crippen LogP contribution >= 0.6 is 15.9 Å². The first kappa shape index (κ1) is 54.9. The molecule has 0 aliphatic carbocycles. The Balaban J connectivity index is 0.000000156. The number of hydrogen-bond acceptors (Lipinski definition) is 16. The van der Waals surface area contributed by atoms with Crippen molar-refractivity contribution in [3.05, 3.63) is 158 Å². The SMILES string of the molecule is CC1(C)OB(c2ccc3nc(N)nc(C(=O)N4Cc5ccccc5C4)c3c2)OC1(C)C.COc1cc(Br)c(CO)cc1OC.COc1cc(CO)c(-c2ccc3nc(N)nc(C(=O)N4Cc5ccccc5C4)c3c2)cc1OC. The molecule has 3 aliphatic heterocycles. The van der Waals surface area contributed by atoms with Crippen LogP contribution in [0.25, 0.3) is 32.9 Å². The third kappa shape index (κ3) is 11.0. The molecule has 3 aliphatic rings. The van der Waals surface area contributed by atoms with Gasteiger partial charge in [-0.3, -0.25) is 9.59 Å². The standard InChI is InChI=1S/C26H24N4O4.C23H25BN4O3.C9H11BrO3/c1-33-22-10-18(14-31)19(11-23(22)34-2)15-7-8-21-20(9-15)24(29-26(27)28-21)25(32)30-12-16-5-3-4-6-17(16)13-30;1-22(2)23(3,4)31-24(30-22)16-9-10-18-17(11-16)19(27-21(25)26-18)20(29)28-12-14-7-5-6-8-15(14)13-28;1-12-8-3-6(5-11)7(10)4-9(8)13-2/h3-11,31H,12-14H2,1-2H3,(H2,27,28,29);5-11H,12-13H2,1-4H3,(H2,25,26,27);3-4,11H,5H2,1-2H3. The number of halogens is 1. The number of benzene rings is 6. The number of methoxy groups -OCH3 is 4. The van der Waals surface area contributed by atoms with E-state index in [1.165, 1.54) is 0 Å². The minimum Gasteiger partial charge on any atom is -0.493 e. The van der Waals surface area contributed by atoms with Crippen molar-refractivity contribution < 1.29 is 48.1 Å². The zero-order valence-electron chi connectivity index (χ0n) is 44.6. The van der Waals surface area contributed by atoms with Crippen LogP contribution in [-0.4, -0.2) is 98.5 Å². The predicted molar refractivity (Wildman–Crippen MR) is 301 cm³/mol. The highest BCUT2D eigenvalue weighted by molar-refractivity contribution is 9.10. The topological polar surface area (TPSA) is 240 Å². The number of aliphatic hydroxyl groups excluding tert-OH is 2. The number of anilines is 2. The average molecular weight is 1120 g/mol. The number of rotatable bonds is 10. The van der Waals surface area contributed by atoms with Crippen LogP contribution in [0.5, 0.6) is 23.0 Å². The molecule has 78 heavy (non-hydrogen) atoms. The van der Waals surface area contributed by atoms with Gasteiger partial charge in [-0.2, -0.15) is 0 Å². The van der Waals surface area contributed by atoms with Crippen molar-refractivity contribution in [3.8, 4) is 34.1 Å². The van der Waals surface area contributed by atoms with E-state index < -0.39 is 18.3 Å². The Kier molecular flexibility index (Phi) is 15.9. The van der Waals surface area contributed by atoms with Crippen LogP contribution in [-0.2, 0) is 48.7 Å². The summed E-state index contributed by atoms with van der Waals surface area (Å²) < 4.78 is 34.2. The molecule has 0 unspecified atom stereocenters. The smallest absolute Gasteiger partial charge is 0.493 e. The first-order valence-electron chi connectivity index (χ1n) is 25.0.